The zero-order valence-electron chi connectivity index (χ0n) is 16.5. The predicted molar refractivity (Wildman–Crippen MR) is 114 cm³/mol. The minimum absolute atomic E-state index is 0.232. The largest absolute Gasteiger partial charge is 0.368 e. The van der Waals surface area contributed by atoms with Crippen molar-refractivity contribution >= 4 is 29.1 Å². The predicted octanol–water partition coefficient (Wildman–Crippen LogP) is 4.39. The Morgan fingerprint density at radius 3 is 2.30 bits per heavy atom. The molecule has 30 heavy (non-hydrogen) atoms. The van der Waals surface area contributed by atoms with E-state index in [0.717, 1.165) is 25.7 Å². The van der Waals surface area contributed by atoms with Crippen LogP contribution in [0, 0.1) is 5.82 Å². The average molecular weight is 428 g/mol. The van der Waals surface area contributed by atoms with Gasteiger partial charge in [-0.3, -0.25) is 19.5 Å². The monoisotopic (exact) mass is 427 g/mol. The van der Waals surface area contributed by atoms with Gasteiger partial charge in [0.05, 0.1) is 0 Å². The van der Waals surface area contributed by atoms with Crippen molar-refractivity contribution in [3.8, 4) is 0 Å². The Kier molecular flexibility index (Phi) is 5.60. The van der Waals surface area contributed by atoms with Gasteiger partial charge in [-0.2, -0.15) is 0 Å². The van der Waals surface area contributed by atoms with Gasteiger partial charge < -0.3 is 5.73 Å². The van der Waals surface area contributed by atoms with Crippen LogP contribution in [0.15, 0.2) is 53.5 Å². The molecular weight excluding hydrogens is 405 g/mol. The van der Waals surface area contributed by atoms with Crippen LogP contribution in [0.5, 0.6) is 0 Å². The van der Waals surface area contributed by atoms with E-state index in [1.165, 1.54) is 29.2 Å². The molecule has 1 fully saturated rings. The Morgan fingerprint density at radius 2 is 1.70 bits per heavy atom. The number of rotatable bonds is 4. The van der Waals surface area contributed by atoms with E-state index >= 15 is 0 Å². The van der Waals surface area contributed by atoms with Crippen LogP contribution in [-0.4, -0.2) is 28.1 Å². The van der Waals surface area contributed by atoms with Crippen molar-refractivity contribution in [2.24, 2.45) is 10.7 Å². The number of benzene rings is 2. The maximum absolute atomic E-state index is 13.7. The van der Waals surface area contributed by atoms with E-state index in [4.69, 9.17) is 22.3 Å². The molecule has 1 aliphatic carbocycles. The summed E-state index contributed by atoms with van der Waals surface area (Å²) in [6, 6.07) is 11.5. The van der Waals surface area contributed by atoms with Gasteiger partial charge in [-0.05, 0) is 56.0 Å². The molecule has 0 radical (unpaired) electrons. The highest BCUT2D eigenvalue weighted by molar-refractivity contribution is 6.47. The van der Waals surface area contributed by atoms with E-state index < -0.39 is 23.4 Å². The Hall–Kier alpha value is -2.73. The molecule has 2 aliphatic rings. The second-order valence-corrected chi connectivity index (χ2v) is 8.27. The zero-order chi connectivity index (χ0) is 21.3. The van der Waals surface area contributed by atoms with Gasteiger partial charge in [-0.15, -0.1) is 0 Å². The van der Waals surface area contributed by atoms with Crippen LogP contribution in [0.2, 0.25) is 5.02 Å². The number of aliphatic imine (C=N–C) groups is 1. The smallest absolute Gasteiger partial charge is 0.275 e. The Bertz CT molecular complexity index is 998. The number of halogens is 2. The number of carbonyl (C=O) groups excluding carboxylic acids is 2. The molecule has 7 heteroatoms. The molecule has 2 amide bonds. The van der Waals surface area contributed by atoms with Crippen LogP contribution >= 0.6 is 11.6 Å². The quantitative estimate of drug-likeness (QED) is 0.785. The van der Waals surface area contributed by atoms with Gasteiger partial charge in [0.2, 0.25) is 5.91 Å². The van der Waals surface area contributed by atoms with Crippen molar-refractivity contribution in [3.05, 3.63) is 70.5 Å². The third kappa shape index (κ3) is 3.60. The summed E-state index contributed by atoms with van der Waals surface area (Å²) < 4.78 is 13.4. The fraction of sp³-hybridized carbons (Fsp3) is 0.348. The van der Waals surface area contributed by atoms with E-state index in [1.807, 2.05) is 0 Å². The van der Waals surface area contributed by atoms with Crippen LogP contribution < -0.4 is 5.73 Å². The fourth-order valence-electron chi connectivity index (χ4n) is 4.53. The number of hydrogen-bond donors (Lipinski definition) is 1. The maximum atomic E-state index is 13.7. The van der Waals surface area contributed by atoms with Gasteiger partial charge >= 0.3 is 0 Å². The lowest BCUT2D eigenvalue weighted by Gasteiger charge is -2.40. The highest BCUT2D eigenvalue weighted by Crippen LogP contribution is 2.44. The topological polar surface area (TPSA) is 75.8 Å². The highest BCUT2D eigenvalue weighted by Gasteiger charge is 2.52. The molecule has 5 nitrogen and oxygen atoms in total. The second kappa shape index (κ2) is 8.19. The molecule has 0 aromatic heterocycles. The van der Waals surface area contributed by atoms with Gasteiger partial charge in [0, 0.05) is 16.1 Å². The number of nitrogens with two attached hydrogens (primary N) is 1. The number of amides is 2. The van der Waals surface area contributed by atoms with Crippen LogP contribution in [0.3, 0.4) is 0 Å². The summed E-state index contributed by atoms with van der Waals surface area (Å²) in [4.78, 5) is 32.7. The van der Waals surface area contributed by atoms with Crippen LogP contribution in [0.4, 0.5) is 4.39 Å². The minimum atomic E-state index is -1.04. The Labute approximate surface area is 179 Å². The first-order chi connectivity index (χ1) is 14.4. The lowest BCUT2D eigenvalue weighted by Crippen LogP contribution is -2.52. The minimum Gasteiger partial charge on any atom is -0.368 e. The zero-order valence-corrected chi connectivity index (χ0v) is 17.2. The summed E-state index contributed by atoms with van der Waals surface area (Å²) in [5.41, 5.74) is 6.20. The Morgan fingerprint density at radius 1 is 1.07 bits per heavy atom. The van der Waals surface area contributed by atoms with Crippen molar-refractivity contribution < 1.29 is 14.0 Å². The molecule has 1 spiro atoms. The first kappa shape index (κ1) is 20.5. The molecule has 1 unspecified atom stereocenters. The van der Waals surface area contributed by atoms with Gasteiger partial charge in [-0.25, -0.2) is 4.39 Å². The highest BCUT2D eigenvalue weighted by atomic mass is 35.5. The normalized spacial score (nSPS) is 19.5. The summed E-state index contributed by atoms with van der Waals surface area (Å²) in [5.74, 6) is -1.43. The van der Waals surface area contributed by atoms with Crippen molar-refractivity contribution in [1.29, 1.82) is 0 Å². The van der Waals surface area contributed by atoms with Crippen molar-refractivity contribution in [2.45, 2.75) is 50.2 Å². The first-order valence-electron chi connectivity index (χ1n) is 10.2. The van der Waals surface area contributed by atoms with Crippen molar-refractivity contribution in [2.75, 3.05) is 0 Å². The number of hydrogen-bond acceptors (Lipinski definition) is 3. The van der Waals surface area contributed by atoms with E-state index in [-0.39, 0.29) is 11.6 Å². The fourth-order valence-corrected chi connectivity index (χ4v) is 4.77. The molecule has 0 saturated heterocycles. The second-order valence-electron chi connectivity index (χ2n) is 7.87. The summed E-state index contributed by atoms with van der Waals surface area (Å²) in [6.45, 7) is 0. The van der Waals surface area contributed by atoms with Crippen LogP contribution in [0.25, 0.3) is 0 Å². The number of nitrogens with zero attached hydrogens (tertiary/aromatic N) is 2. The SMILES string of the molecule is NC(=O)C(c1ccccc1Cl)N1C(=O)C(c2ccc(F)cc2)=NC12CCCCCC2. The van der Waals surface area contributed by atoms with Gasteiger partial charge in [0.1, 0.15) is 23.2 Å². The number of primary amides is 1. The van der Waals surface area contributed by atoms with Crippen molar-refractivity contribution in [1.82, 2.24) is 4.90 Å². The molecule has 0 bridgehead atoms. The third-order valence-electron chi connectivity index (χ3n) is 5.94. The lowest BCUT2D eigenvalue weighted by atomic mass is 9.94. The van der Waals surface area contributed by atoms with E-state index in [9.17, 15) is 14.0 Å². The van der Waals surface area contributed by atoms with E-state index in [0.29, 0.717) is 29.0 Å². The van der Waals surface area contributed by atoms with Crippen LogP contribution in [-0.2, 0) is 9.59 Å². The van der Waals surface area contributed by atoms with Gasteiger partial charge in [0.15, 0.2) is 0 Å². The van der Waals surface area contributed by atoms with Gasteiger partial charge in [0.25, 0.3) is 5.91 Å². The molecule has 4 rings (SSSR count). The molecule has 2 aromatic rings. The number of carbonyl (C=O) groups is 2. The average Bonchev–Trinajstić information content (AvgIpc) is 2.86. The summed E-state index contributed by atoms with van der Waals surface area (Å²) in [7, 11) is 0. The molecule has 1 heterocycles. The first-order valence-corrected chi connectivity index (χ1v) is 10.5. The standard InChI is InChI=1S/C23H23ClFN3O2/c24-18-8-4-3-7-17(18)20(21(26)29)28-22(30)19(15-9-11-16(25)12-10-15)27-23(28)13-5-1-2-6-14-23/h3-4,7-12,20H,1-2,5-6,13-14H2,(H2,26,29). The van der Waals surface area contributed by atoms with E-state index in [2.05, 4.69) is 0 Å². The molecule has 1 aliphatic heterocycles. The third-order valence-corrected chi connectivity index (χ3v) is 6.28. The molecule has 1 saturated carbocycles. The van der Waals surface area contributed by atoms with E-state index in [1.54, 1.807) is 24.3 Å². The molecule has 1 atom stereocenters. The summed E-state index contributed by atoms with van der Waals surface area (Å²) >= 11 is 6.39. The van der Waals surface area contributed by atoms with Crippen molar-refractivity contribution in [3.63, 3.8) is 0 Å². The molecule has 156 valence electrons. The summed E-state index contributed by atoms with van der Waals surface area (Å²) in [5, 5.41) is 0.369. The van der Waals surface area contributed by atoms with Crippen LogP contribution in [0.1, 0.15) is 55.7 Å². The Balaban J connectivity index is 1.86. The molecular formula is C23H23ClFN3O2. The maximum Gasteiger partial charge on any atom is 0.275 e. The molecule has 2 aromatic carbocycles. The molecule has 2 N–H and O–H groups in total. The summed E-state index contributed by atoms with van der Waals surface area (Å²) in [6.07, 6.45) is 5.13. The van der Waals surface area contributed by atoms with Gasteiger partial charge in [-0.1, -0.05) is 42.6 Å². The lowest BCUT2D eigenvalue weighted by molar-refractivity contribution is -0.140.